The molecule has 5 heteroatoms. The monoisotopic (exact) mass is 136 g/mol. The fourth-order valence-electron chi connectivity index (χ4n) is 0.173. The molecule has 2 amide bonds. The van der Waals surface area contributed by atoms with E-state index in [9.17, 15) is 9.00 Å². The van der Waals surface area contributed by atoms with Crippen LogP contribution in [0.5, 0.6) is 0 Å². The average Bonchev–Trinajstić information content (AvgIpc) is 1.61. The van der Waals surface area contributed by atoms with Crippen molar-refractivity contribution in [3.05, 3.63) is 0 Å². The first kappa shape index (κ1) is 7.42. The second-order valence-electron chi connectivity index (χ2n) is 1.26. The molecule has 0 saturated carbocycles. The van der Waals surface area contributed by atoms with E-state index in [0.717, 1.165) is 0 Å². The second kappa shape index (κ2) is 3.43. The lowest BCUT2D eigenvalue weighted by Gasteiger charge is -1.94. The van der Waals surface area contributed by atoms with E-state index in [1.54, 1.807) is 0 Å². The van der Waals surface area contributed by atoms with Crippen LogP contribution in [0.3, 0.4) is 0 Å². The maximum Gasteiger partial charge on any atom is 0.312 e. The van der Waals surface area contributed by atoms with Gasteiger partial charge in [0.15, 0.2) is 0 Å². The van der Waals surface area contributed by atoms with Gasteiger partial charge in [0.05, 0.1) is 5.88 Å². The first-order valence-corrected chi connectivity index (χ1v) is 3.69. The molecule has 0 spiro atoms. The van der Waals surface area contributed by atoms with Gasteiger partial charge in [-0.3, -0.25) is 4.21 Å². The van der Waals surface area contributed by atoms with Gasteiger partial charge in [0, 0.05) is 17.1 Å². The number of nitrogens with two attached hydrogens (primary N) is 1. The fraction of sp³-hybridized carbons (Fsp3) is 0.667. The van der Waals surface area contributed by atoms with Gasteiger partial charge in [-0.2, -0.15) is 0 Å². The highest BCUT2D eigenvalue weighted by atomic mass is 32.2. The number of primary amides is 1. The molecule has 1 atom stereocenters. The number of carbonyl (C=O) groups is 1. The van der Waals surface area contributed by atoms with Crippen LogP contribution in [0, 0.1) is 0 Å². The molecule has 0 saturated heterocycles. The molecule has 3 N–H and O–H groups in total. The summed E-state index contributed by atoms with van der Waals surface area (Å²) in [5.74, 6) is 0.134. The lowest BCUT2D eigenvalue weighted by Crippen LogP contribution is -2.31. The number of nitrogens with one attached hydrogen (secondary N) is 1. The molecule has 0 aromatic heterocycles. The molecule has 0 fully saturated rings. The number of carbonyl (C=O) groups excluding carboxylic acids is 1. The Bertz CT molecular complexity index is 99.9. The molecule has 0 aliphatic rings. The largest absolute Gasteiger partial charge is 0.352 e. The third-order valence-electron chi connectivity index (χ3n) is 0.450. The number of amides is 2. The molecule has 0 aromatic carbocycles. The van der Waals surface area contributed by atoms with Crippen LogP contribution in [0.15, 0.2) is 0 Å². The first-order chi connectivity index (χ1) is 3.63. The molecule has 0 radical (unpaired) electrons. The molecular formula is C3H8N2O2S. The van der Waals surface area contributed by atoms with Gasteiger partial charge in [0.25, 0.3) is 0 Å². The third-order valence-corrected chi connectivity index (χ3v) is 1.00. The van der Waals surface area contributed by atoms with E-state index < -0.39 is 16.8 Å². The summed E-state index contributed by atoms with van der Waals surface area (Å²) >= 11 is 0. The van der Waals surface area contributed by atoms with Gasteiger partial charge in [-0.1, -0.05) is 0 Å². The van der Waals surface area contributed by atoms with Gasteiger partial charge >= 0.3 is 6.03 Å². The Hall–Kier alpha value is -0.580. The highest BCUT2D eigenvalue weighted by molar-refractivity contribution is 7.84. The van der Waals surface area contributed by atoms with Crippen molar-refractivity contribution in [1.82, 2.24) is 5.32 Å². The Morgan fingerprint density at radius 2 is 2.38 bits per heavy atom. The molecule has 48 valence electrons. The van der Waals surface area contributed by atoms with Crippen molar-refractivity contribution in [2.24, 2.45) is 5.73 Å². The number of hydrogen-bond donors (Lipinski definition) is 2. The Kier molecular flexibility index (Phi) is 3.18. The smallest absolute Gasteiger partial charge is 0.312 e. The normalized spacial score (nSPS) is 12.6. The van der Waals surface area contributed by atoms with Gasteiger partial charge in [-0.15, -0.1) is 0 Å². The van der Waals surface area contributed by atoms with Crippen LogP contribution in [0.25, 0.3) is 0 Å². The molecule has 8 heavy (non-hydrogen) atoms. The van der Waals surface area contributed by atoms with Crippen LogP contribution in [-0.2, 0) is 10.8 Å². The van der Waals surface area contributed by atoms with Crippen LogP contribution >= 0.6 is 0 Å². The lowest BCUT2D eigenvalue weighted by molar-refractivity contribution is 0.250. The van der Waals surface area contributed by atoms with Crippen molar-refractivity contribution in [1.29, 1.82) is 0 Å². The summed E-state index contributed by atoms with van der Waals surface area (Å²) < 4.78 is 10.2. The van der Waals surface area contributed by atoms with Gasteiger partial charge in [0.1, 0.15) is 0 Å². The van der Waals surface area contributed by atoms with Crippen molar-refractivity contribution >= 4 is 16.8 Å². The molecule has 0 bridgehead atoms. The maximum absolute atomic E-state index is 10.2. The number of hydrogen-bond acceptors (Lipinski definition) is 2. The zero-order valence-electron chi connectivity index (χ0n) is 4.51. The van der Waals surface area contributed by atoms with Crippen molar-refractivity contribution in [3.63, 3.8) is 0 Å². The van der Waals surface area contributed by atoms with E-state index in [4.69, 9.17) is 0 Å². The van der Waals surface area contributed by atoms with Crippen molar-refractivity contribution in [3.8, 4) is 0 Å². The molecule has 0 aromatic rings. The molecule has 0 aliphatic heterocycles. The SMILES string of the molecule is CS(=O)CNC(N)=O. The minimum atomic E-state index is -0.998. The van der Waals surface area contributed by atoms with Crippen LogP contribution in [-0.4, -0.2) is 22.4 Å². The third kappa shape index (κ3) is 5.42. The van der Waals surface area contributed by atoms with Gasteiger partial charge < -0.3 is 11.1 Å². The fourth-order valence-corrected chi connectivity index (χ4v) is 0.518. The van der Waals surface area contributed by atoms with E-state index in [1.165, 1.54) is 6.26 Å². The Morgan fingerprint density at radius 3 is 2.50 bits per heavy atom. The zero-order valence-corrected chi connectivity index (χ0v) is 5.33. The molecule has 0 rings (SSSR count). The van der Waals surface area contributed by atoms with Crippen LogP contribution in [0.1, 0.15) is 0 Å². The van der Waals surface area contributed by atoms with Crippen LogP contribution < -0.4 is 11.1 Å². The summed E-state index contributed by atoms with van der Waals surface area (Å²) in [7, 11) is -0.998. The minimum absolute atomic E-state index is 0.134. The van der Waals surface area contributed by atoms with E-state index in [2.05, 4.69) is 11.1 Å². The summed E-state index contributed by atoms with van der Waals surface area (Å²) in [6.07, 6.45) is 1.48. The Balaban J connectivity index is 3.18. The van der Waals surface area contributed by atoms with Gasteiger partial charge in [-0.25, -0.2) is 4.79 Å². The van der Waals surface area contributed by atoms with E-state index >= 15 is 0 Å². The highest BCUT2D eigenvalue weighted by Gasteiger charge is 1.90. The minimum Gasteiger partial charge on any atom is -0.352 e. The predicted molar refractivity (Wildman–Crippen MR) is 31.7 cm³/mol. The van der Waals surface area contributed by atoms with Gasteiger partial charge in [0.2, 0.25) is 0 Å². The first-order valence-electron chi connectivity index (χ1n) is 1.96. The number of rotatable bonds is 2. The second-order valence-corrected chi connectivity index (χ2v) is 2.69. The predicted octanol–water partition coefficient (Wildman–Crippen LogP) is -1.01. The summed E-state index contributed by atoms with van der Waals surface area (Å²) in [5.41, 5.74) is 4.66. The van der Waals surface area contributed by atoms with Crippen molar-refractivity contribution < 1.29 is 9.00 Å². The van der Waals surface area contributed by atoms with Crippen molar-refractivity contribution in [2.75, 3.05) is 12.1 Å². The summed E-state index contributed by atoms with van der Waals surface area (Å²) in [5, 5.41) is 2.18. The van der Waals surface area contributed by atoms with E-state index in [0.29, 0.717) is 0 Å². The van der Waals surface area contributed by atoms with Crippen LogP contribution in [0.2, 0.25) is 0 Å². The lowest BCUT2D eigenvalue weighted by atomic mass is 11.0. The molecular weight excluding hydrogens is 128 g/mol. The van der Waals surface area contributed by atoms with E-state index in [1.807, 2.05) is 0 Å². The summed E-state index contributed by atoms with van der Waals surface area (Å²) in [6, 6.07) is -0.639. The quantitative estimate of drug-likeness (QED) is 0.510. The van der Waals surface area contributed by atoms with E-state index in [-0.39, 0.29) is 5.88 Å². The summed E-state index contributed by atoms with van der Waals surface area (Å²) in [4.78, 5) is 9.88. The summed E-state index contributed by atoms with van der Waals surface area (Å²) in [6.45, 7) is 0. The molecule has 1 unspecified atom stereocenters. The van der Waals surface area contributed by atoms with Crippen molar-refractivity contribution in [2.45, 2.75) is 0 Å². The highest BCUT2D eigenvalue weighted by Crippen LogP contribution is 1.65. The molecule has 0 heterocycles. The average molecular weight is 136 g/mol. The molecule has 4 nitrogen and oxygen atoms in total. The number of urea groups is 1. The Labute approximate surface area is 49.9 Å². The van der Waals surface area contributed by atoms with Gasteiger partial charge in [-0.05, 0) is 0 Å². The zero-order chi connectivity index (χ0) is 6.57. The Morgan fingerprint density at radius 1 is 1.88 bits per heavy atom. The standard InChI is InChI=1S/C3H8N2O2S/c1-8(7)2-5-3(4)6/h2H2,1H3,(H3,4,5,6). The topological polar surface area (TPSA) is 72.2 Å². The maximum atomic E-state index is 10.2. The van der Waals surface area contributed by atoms with Crippen LogP contribution in [0.4, 0.5) is 4.79 Å². The molecule has 0 aliphatic carbocycles.